The standard InChI is InChI=1S/C46H62N10O11/c1-27(2)19-33(38(58)23-40(60)51-32(16-17-41(61)62)43(64)53-34(42(63)49-25-39(47)59)20-29-11-6-4-7-12-29)52-45(66)36(22-31-24-48-26-50-31)54-44(65)35(21-30-13-8-5-9-14-30)55-46(67)37-15-10-18-56(37)28(3)57/h4-9,11-14,24,26-27,32-38,58H,10,15-23,25H2,1-3H3,(H2,47,59)(H,48,50)(H,49,63)(H,51,60)(H,52,66)(H,53,64)(H,54,65)(H,55,67)(H,61,62). The Morgan fingerprint density at radius 2 is 1.34 bits per heavy atom. The van der Waals surface area contributed by atoms with Crippen molar-refractivity contribution in [2.45, 2.75) is 121 Å². The van der Waals surface area contributed by atoms with Crippen LogP contribution in [0.4, 0.5) is 0 Å². The fourth-order valence-electron chi connectivity index (χ4n) is 7.69. The van der Waals surface area contributed by atoms with Gasteiger partial charge in [-0.25, -0.2) is 4.98 Å². The zero-order chi connectivity index (χ0) is 49.0. The molecule has 1 fully saturated rings. The maximum atomic E-state index is 14.2. The second kappa shape index (κ2) is 26.1. The first-order chi connectivity index (χ1) is 31.9. The molecule has 2 heterocycles. The number of imidazole rings is 1. The summed E-state index contributed by atoms with van der Waals surface area (Å²) >= 11 is 0. The number of aliphatic hydroxyl groups is 1. The molecular formula is C46H62N10O11. The van der Waals surface area contributed by atoms with E-state index in [-0.39, 0.29) is 37.5 Å². The van der Waals surface area contributed by atoms with E-state index in [1.54, 1.807) is 60.7 Å². The Bertz CT molecular complexity index is 2160. The van der Waals surface area contributed by atoms with Gasteiger partial charge < -0.3 is 57.7 Å². The average Bonchev–Trinajstić information content (AvgIpc) is 4.00. The van der Waals surface area contributed by atoms with Gasteiger partial charge >= 0.3 is 5.97 Å². The number of aliphatic hydroxyl groups excluding tert-OH is 1. The monoisotopic (exact) mass is 930 g/mol. The SMILES string of the molecule is CC(=O)N1CCCC1C(=O)NC(Cc1ccccc1)C(=O)NC(Cc1c[nH]cn1)C(=O)NC(CC(C)C)C(O)CC(=O)NC(CCC(=O)O)C(=O)NC(Cc1ccccc1)C(=O)NCC(N)=O. The molecule has 11 N–H and O–H groups in total. The first-order valence-electron chi connectivity index (χ1n) is 22.2. The van der Waals surface area contributed by atoms with Crippen molar-refractivity contribution in [2.75, 3.05) is 13.1 Å². The molecule has 1 aromatic heterocycles. The first-order valence-corrected chi connectivity index (χ1v) is 22.2. The number of primary amides is 1. The van der Waals surface area contributed by atoms with Crippen molar-refractivity contribution in [1.82, 2.24) is 46.8 Å². The van der Waals surface area contributed by atoms with Crippen molar-refractivity contribution >= 4 is 53.2 Å². The molecule has 7 atom stereocenters. The first kappa shape index (κ1) is 52.5. The third kappa shape index (κ3) is 17.6. The van der Waals surface area contributed by atoms with Gasteiger partial charge in [-0.2, -0.15) is 0 Å². The Labute approximate surface area is 388 Å². The van der Waals surface area contributed by atoms with Crippen LogP contribution in [0.25, 0.3) is 0 Å². The summed E-state index contributed by atoms with van der Waals surface area (Å²) in [5.41, 5.74) is 6.94. The zero-order valence-corrected chi connectivity index (χ0v) is 37.9. The number of nitrogens with one attached hydrogen (secondary N) is 7. The molecule has 2 aromatic carbocycles. The van der Waals surface area contributed by atoms with Crippen LogP contribution in [0.15, 0.2) is 73.2 Å². The van der Waals surface area contributed by atoms with Crippen molar-refractivity contribution in [3.8, 4) is 0 Å². The van der Waals surface area contributed by atoms with Crippen molar-refractivity contribution in [3.05, 3.63) is 90.0 Å². The third-order valence-corrected chi connectivity index (χ3v) is 11.0. The van der Waals surface area contributed by atoms with Gasteiger partial charge in [-0.3, -0.25) is 43.2 Å². The Kier molecular flexibility index (Phi) is 20.4. The summed E-state index contributed by atoms with van der Waals surface area (Å²) in [7, 11) is 0. The summed E-state index contributed by atoms with van der Waals surface area (Å²) in [6.45, 7) is 4.90. The highest BCUT2D eigenvalue weighted by atomic mass is 16.4. The number of carbonyl (C=O) groups is 9. The molecule has 4 rings (SSSR count). The highest BCUT2D eigenvalue weighted by molar-refractivity contribution is 5.95. The minimum absolute atomic E-state index is 0.0314. The van der Waals surface area contributed by atoms with E-state index in [4.69, 9.17) is 5.73 Å². The number of aromatic nitrogens is 2. The lowest BCUT2D eigenvalue weighted by Gasteiger charge is -2.29. The number of hydrogen-bond acceptors (Lipinski definition) is 11. The van der Waals surface area contributed by atoms with Gasteiger partial charge in [0.2, 0.25) is 47.3 Å². The van der Waals surface area contributed by atoms with Gasteiger partial charge in [-0.05, 0) is 42.7 Å². The molecule has 0 bridgehead atoms. The highest BCUT2D eigenvalue weighted by Gasteiger charge is 2.37. The van der Waals surface area contributed by atoms with Gasteiger partial charge in [0, 0.05) is 45.3 Å². The lowest BCUT2D eigenvalue weighted by atomic mass is 9.96. The van der Waals surface area contributed by atoms with E-state index in [1.165, 1.54) is 24.3 Å². The third-order valence-electron chi connectivity index (χ3n) is 11.0. The molecule has 21 nitrogen and oxygen atoms in total. The molecule has 0 radical (unpaired) electrons. The number of aromatic amines is 1. The van der Waals surface area contributed by atoms with E-state index in [1.807, 2.05) is 13.8 Å². The lowest BCUT2D eigenvalue weighted by molar-refractivity contribution is -0.138. The van der Waals surface area contributed by atoms with Gasteiger partial charge in [-0.1, -0.05) is 74.5 Å². The van der Waals surface area contributed by atoms with Gasteiger partial charge in [0.15, 0.2) is 0 Å². The molecule has 362 valence electrons. The Morgan fingerprint density at radius 1 is 0.776 bits per heavy atom. The van der Waals surface area contributed by atoms with Gasteiger partial charge in [-0.15, -0.1) is 0 Å². The van der Waals surface area contributed by atoms with Crippen LogP contribution < -0.4 is 37.6 Å². The number of likely N-dealkylation sites (tertiary alicyclic amines) is 1. The average molecular weight is 931 g/mol. The minimum Gasteiger partial charge on any atom is -0.481 e. The van der Waals surface area contributed by atoms with Crippen LogP contribution in [-0.2, 0) is 62.4 Å². The second-order valence-corrected chi connectivity index (χ2v) is 17.0. The molecule has 1 aliphatic heterocycles. The second-order valence-electron chi connectivity index (χ2n) is 17.0. The molecule has 0 spiro atoms. The molecular weight excluding hydrogens is 869 g/mol. The van der Waals surface area contributed by atoms with Gasteiger partial charge in [0.1, 0.15) is 30.2 Å². The van der Waals surface area contributed by atoms with Crippen LogP contribution in [-0.4, -0.2) is 134 Å². The highest BCUT2D eigenvalue weighted by Crippen LogP contribution is 2.19. The number of nitrogens with two attached hydrogens (primary N) is 1. The normalized spacial score (nSPS) is 16.0. The maximum absolute atomic E-state index is 14.2. The number of carbonyl (C=O) groups excluding carboxylic acids is 8. The van der Waals surface area contributed by atoms with Crippen molar-refractivity contribution in [3.63, 3.8) is 0 Å². The summed E-state index contributed by atoms with van der Waals surface area (Å²) in [4.78, 5) is 126. The predicted octanol–water partition coefficient (Wildman–Crippen LogP) is -0.864. The van der Waals surface area contributed by atoms with Crippen LogP contribution >= 0.6 is 0 Å². The quantitative estimate of drug-likeness (QED) is 0.0470. The summed E-state index contributed by atoms with van der Waals surface area (Å²) in [6, 6.07) is 10.4. The smallest absolute Gasteiger partial charge is 0.303 e. The molecule has 3 aromatic rings. The van der Waals surface area contributed by atoms with Gasteiger partial charge in [0.05, 0.1) is 37.1 Å². The topological polar surface area (TPSA) is 324 Å². The number of carboxylic acids is 1. The van der Waals surface area contributed by atoms with Crippen LogP contribution in [0.3, 0.4) is 0 Å². The number of nitrogens with zero attached hydrogens (tertiary/aromatic N) is 2. The number of hydrogen-bond donors (Lipinski definition) is 10. The number of aliphatic carboxylic acids is 1. The number of carboxylic acid groups (broad SMARTS) is 1. The molecule has 67 heavy (non-hydrogen) atoms. The fraction of sp³-hybridized carbons (Fsp3) is 0.478. The number of rotatable bonds is 26. The summed E-state index contributed by atoms with van der Waals surface area (Å²) in [5, 5.41) is 36.6. The van der Waals surface area contributed by atoms with Crippen molar-refractivity contribution < 1.29 is 53.4 Å². The van der Waals surface area contributed by atoms with E-state index in [9.17, 15) is 53.4 Å². The Morgan fingerprint density at radius 3 is 1.88 bits per heavy atom. The summed E-state index contributed by atoms with van der Waals surface area (Å²) in [6.07, 6.45) is 0.811. The van der Waals surface area contributed by atoms with E-state index < -0.39 is 115 Å². The Hall–Kier alpha value is -7.16. The largest absolute Gasteiger partial charge is 0.481 e. The number of amides is 8. The Balaban J connectivity index is 1.51. The number of benzene rings is 2. The lowest BCUT2D eigenvalue weighted by Crippen LogP contribution is -2.59. The van der Waals surface area contributed by atoms with Gasteiger partial charge in [0.25, 0.3) is 0 Å². The molecule has 1 saturated heterocycles. The van der Waals surface area contributed by atoms with E-state index in [2.05, 4.69) is 41.9 Å². The summed E-state index contributed by atoms with van der Waals surface area (Å²) in [5.74, 6) is -7.05. The molecule has 1 aliphatic rings. The minimum atomic E-state index is -1.57. The van der Waals surface area contributed by atoms with Crippen LogP contribution in [0.2, 0.25) is 0 Å². The number of H-pyrrole nitrogens is 1. The fourth-order valence-corrected chi connectivity index (χ4v) is 7.69. The van der Waals surface area contributed by atoms with Crippen molar-refractivity contribution in [2.24, 2.45) is 11.7 Å². The zero-order valence-electron chi connectivity index (χ0n) is 37.9. The summed E-state index contributed by atoms with van der Waals surface area (Å²) < 4.78 is 0. The predicted molar refractivity (Wildman–Crippen MR) is 242 cm³/mol. The molecule has 0 aliphatic carbocycles. The molecule has 7 unspecified atom stereocenters. The van der Waals surface area contributed by atoms with E-state index in [0.717, 1.165) is 0 Å². The van der Waals surface area contributed by atoms with Crippen LogP contribution in [0.5, 0.6) is 0 Å². The molecule has 0 saturated carbocycles. The molecule has 8 amide bonds. The van der Waals surface area contributed by atoms with Crippen LogP contribution in [0, 0.1) is 5.92 Å². The van der Waals surface area contributed by atoms with E-state index >= 15 is 0 Å². The van der Waals surface area contributed by atoms with Crippen LogP contribution in [0.1, 0.15) is 76.1 Å². The maximum Gasteiger partial charge on any atom is 0.303 e. The van der Waals surface area contributed by atoms with E-state index in [0.29, 0.717) is 36.2 Å². The van der Waals surface area contributed by atoms with Crippen molar-refractivity contribution in [1.29, 1.82) is 0 Å². The molecule has 21 heteroatoms.